The summed E-state index contributed by atoms with van der Waals surface area (Å²) in [6, 6.07) is 30.1. The molecule has 0 aliphatic carbocycles. The van der Waals surface area contributed by atoms with Crippen LogP contribution in [0.4, 0.5) is 11.4 Å². The monoisotopic (exact) mass is 512 g/mol. The molecule has 0 bridgehead atoms. The van der Waals surface area contributed by atoms with Crippen molar-refractivity contribution in [2.24, 2.45) is 5.73 Å². The minimum absolute atomic E-state index is 0.0507. The molecule has 4 aromatic rings. The van der Waals surface area contributed by atoms with E-state index in [9.17, 15) is 13.2 Å². The van der Waals surface area contributed by atoms with E-state index in [4.69, 9.17) is 11.1 Å². The molecule has 37 heavy (non-hydrogen) atoms. The zero-order valence-corrected chi connectivity index (χ0v) is 21.1. The first-order valence-corrected chi connectivity index (χ1v) is 13.5. The highest BCUT2D eigenvalue weighted by molar-refractivity contribution is 7.90. The van der Waals surface area contributed by atoms with Crippen LogP contribution < -0.4 is 16.4 Å². The summed E-state index contributed by atoms with van der Waals surface area (Å²) in [6.07, 6.45) is 1.63. The molecule has 0 aromatic heterocycles. The molecule has 1 unspecified atom stereocenters. The van der Waals surface area contributed by atoms with Crippen molar-refractivity contribution in [2.75, 3.05) is 16.9 Å². The number of benzene rings is 4. The third-order valence-electron chi connectivity index (χ3n) is 5.86. The molecule has 0 spiro atoms. The third kappa shape index (κ3) is 6.62. The smallest absolute Gasteiger partial charge is 0.247 e. The van der Waals surface area contributed by atoms with Crippen LogP contribution in [0.15, 0.2) is 108 Å². The molecular formula is C29H28N4O3S. The molecule has 8 heteroatoms. The highest BCUT2D eigenvalue weighted by Gasteiger charge is 2.20. The third-order valence-corrected chi connectivity index (χ3v) is 7.02. The largest absolute Gasteiger partial charge is 0.384 e. The van der Waals surface area contributed by atoms with Crippen molar-refractivity contribution >= 4 is 33.0 Å². The minimum atomic E-state index is -3.39. The Labute approximate surface area is 216 Å². The lowest BCUT2D eigenvalue weighted by Gasteiger charge is -2.20. The lowest BCUT2D eigenvalue weighted by Crippen LogP contribution is -2.36. The minimum Gasteiger partial charge on any atom is -0.384 e. The van der Waals surface area contributed by atoms with Gasteiger partial charge in [0.1, 0.15) is 11.9 Å². The van der Waals surface area contributed by atoms with Gasteiger partial charge < -0.3 is 16.4 Å². The maximum absolute atomic E-state index is 13.4. The van der Waals surface area contributed by atoms with Crippen LogP contribution in [0.2, 0.25) is 0 Å². The lowest BCUT2D eigenvalue weighted by molar-refractivity contribution is -0.116. The fourth-order valence-corrected chi connectivity index (χ4v) is 4.94. The van der Waals surface area contributed by atoms with Crippen LogP contribution in [0.3, 0.4) is 0 Å². The number of carbonyl (C=O) groups is 1. The Balaban J connectivity index is 1.56. The van der Waals surface area contributed by atoms with Gasteiger partial charge in [0.15, 0.2) is 9.84 Å². The fourth-order valence-electron chi connectivity index (χ4n) is 4.03. The molecule has 0 aliphatic heterocycles. The molecular weight excluding hydrogens is 484 g/mol. The second-order valence-corrected chi connectivity index (χ2v) is 10.7. The Hall–Kier alpha value is -4.43. The van der Waals surface area contributed by atoms with Crippen molar-refractivity contribution in [3.63, 3.8) is 0 Å². The summed E-state index contributed by atoms with van der Waals surface area (Å²) in [5, 5.41) is 13.9. The Bertz CT molecular complexity index is 1520. The highest BCUT2D eigenvalue weighted by Crippen LogP contribution is 2.28. The Kier molecular flexibility index (Phi) is 7.69. The van der Waals surface area contributed by atoms with E-state index in [1.807, 2.05) is 36.4 Å². The van der Waals surface area contributed by atoms with E-state index in [0.717, 1.165) is 11.1 Å². The summed E-state index contributed by atoms with van der Waals surface area (Å²) in [5.41, 5.74) is 9.79. The first-order valence-electron chi connectivity index (χ1n) is 11.7. The van der Waals surface area contributed by atoms with E-state index >= 15 is 0 Å². The molecule has 0 fully saturated rings. The summed E-state index contributed by atoms with van der Waals surface area (Å²) in [6.45, 7) is 0. The van der Waals surface area contributed by atoms with Crippen LogP contribution >= 0.6 is 0 Å². The van der Waals surface area contributed by atoms with E-state index in [2.05, 4.69) is 10.6 Å². The number of nitrogens with one attached hydrogen (secondary N) is 3. The standard InChI is InChI=1S/C29H28N4O3S/c1-37(35,36)27-13-6-5-12-25(27)21-14-16-23(17-15-21)33-29(34)26(18-20-8-3-2-4-9-20)32-24-11-7-10-22(19-24)28(30)31/h2-17,19,26,32H,18H2,1H3,(H3,30,31)(H,33,34). The number of rotatable bonds is 9. The zero-order chi connectivity index (χ0) is 26.4. The summed E-state index contributed by atoms with van der Waals surface area (Å²) in [5.74, 6) is -0.286. The van der Waals surface area contributed by atoms with Crippen LogP contribution in [0.1, 0.15) is 11.1 Å². The average Bonchev–Trinajstić information content (AvgIpc) is 2.89. The number of amides is 1. The van der Waals surface area contributed by atoms with Gasteiger partial charge in [-0.3, -0.25) is 10.2 Å². The van der Waals surface area contributed by atoms with E-state index in [0.29, 0.717) is 28.9 Å². The van der Waals surface area contributed by atoms with Crippen molar-refractivity contribution in [3.8, 4) is 11.1 Å². The number of hydrogen-bond donors (Lipinski definition) is 4. The molecule has 188 valence electrons. The Morgan fingerprint density at radius 1 is 0.865 bits per heavy atom. The fraction of sp³-hybridized carbons (Fsp3) is 0.103. The first kappa shape index (κ1) is 25.7. The van der Waals surface area contributed by atoms with Crippen molar-refractivity contribution in [3.05, 3.63) is 114 Å². The molecule has 4 aromatic carbocycles. The van der Waals surface area contributed by atoms with E-state index in [1.54, 1.807) is 66.7 Å². The second-order valence-electron chi connectivity index (χ2n) is 8.72. The quantitative estimate of drug-likeness (QED) is 0.191. The van der Waals surface area contributed by atoms with E-state index < -0.39 is 15.9 Å². The van der Waals surface area contributed by atoms with Gasteiger partial charge in [-0.05, 0) is 41.5 Å². The van der Waals surface area contributed by atoms with Crippen LogP contribution in [0, 0.1) is 5.41 Å². The van der Waals surface area contributed by atoms with E-state index in [-0.39, 0.29) is 16.6 Å². The Morgan fingerprint density at radius 2 is 1.54 bits per heavy atom. The molecule has 0 aliphatic rings. The van der Waals surface area contributed by atoms with Crippen LogP contribution in [0.25, 0.3) is 11.1 Å². The molecule has 0 saturated heterocycles. The van der Waals surface area contributed by atoms with Crippen LogP contribution in [-0.4, -0.2) is 32.5 Å². The number of amidine groups is 1. The lowest BCUT2D eigenvalue weighted by atomic mass is 10.0. The number of sulfone groups is 1. The SMILES string of the molecule is CS(=O)(=O)c1ccccc1-c1ccc(NC(=O)C(Cc2ccccc2)Nc2cccc(C(=N)N)c2)cc1. The summed E-state index contributed by atoms with van der Waals surface area (Å²) < 4.78 is 24.4. The van der Waals surface area contributed by atoms with Crippen molar-refractivity contribution in [2.45, 2.75) is 17.4 Å². The van der Waals surface area contributed by atoms with Gasteiger partial charge in [0.05, 0.1) is 4.90 Å². The maximum atomic E-state index is 13.4. The average molecular weight is 513 g/mol. The summed E-state index contributed by atoms with van der Waals surface area (Å²) >= 11 is 0. The molecule has 5 N–H and O–H groups in total. The van der Waals surface area contributed by atoms with Crippen molar-refractivity contribution < 1.29 is 13.2 Å². The molecule has 7 nitrogen and oxygen atoms in total. The van der Waals surface area contributed by atoms with Crippen LogP contribution in [-0.2, 0) is 21.1 Å². The molecule has 0 saturated carbocycles. The summed E-state index contributed by atoms with van der Waals surface area (Å²) in [4.78, 5) is 13.6. The van der Waals surface area contributed by atoms with Gasteiger partial charge >= 0.3 is 0 Å². The topological polar surface area (TPSA) is 125 Å². The molecule has 4 rings (SSSR count). The highest BCUT2D eigenvalue weighted by atomic mass is 32.2. The molecule has 1 amide bonds. The van der Waals surface area contributed by atoms with Gasteiger partial charge in [0, 0.05) is 35.2 Å². The normalized spacial score (nSPS) is 11.9. The van der Waals surface area contributed by atoms with Gasteiger partial charge in [0.25, 0.3) is 0 Å². The number of anilines is 2. The van der Waals surface area contributed by atoms with Crippen molar-refractivity contribution in [1.82, 2.24) is 0 Å². The molecule has 0 heterocycles. The van der Waals surface area contributed by atoms with Gasteiger partial charge in [0.2, 0.25) is 5.91 Å². The predicted molar refractivity (Wildman–Crippen MR) is 149 cm³/mol. The molecule has 1 atom stereocenters. The second kappa shape index (κ2) is 11.1. The van der Waals surface area contributed by atoms with Gasteiger partial charge in [-0.1, -0.05) is 72.8 Å². The first-order chi connectivity index (χ1) is 17.7. The zero-order valence-electron chi connectivity index (χ0n) is 20.3. The number of nitrogens with two attached hydrogens (primary N) is 1. The number of carbonyl (C=O) groups excluding carboxylic acids is 1. The Morgan fingerprint density at radius 3 is 2.22 bits per heavy atom. The molecule has 0 radical (unpaired) electrons. The van der Waals surface area contributed by atoms with Crippen molar-refractivity contribution in [1.29, 1.82) is 5.41 Å². The van der Waals surface area contributed by atoms with Gasteiger partial charge in [-0.25, -0.2) is 8.42 Å². The maximum Gasteiger partial charge on any atom is 0.247 e. The van der Waals surface area contributed by atoms with Gasteiger partial charge in [-0.2, -0.15) is 0 Å². The number of hydrogen-bond acceptors (Lipinski definition) is 5. The summed E-state index contributed by atoms with van der Waals surface area (Å²) in [7, 11) is -3.39. The van der Waals surface area contributed by atoms with Gasteiger partial charge in [-0.15, -0.1) is 0 Å². The predicted octanol–water partition coefficient (Wildman–Crippen LogP) is 4.70. The number of nitrogen functional groups attached to an aromatic ring is 1. The van der Waals surface area contributed by atoms with E-state index in [1.165, 1.54) is 6.26 Å². The van der Waals surface area contributed by atoms with Crippen LogP contribution in [0.5, 0.6) is 0 Å².